The molecule has 0 saturated carbocycles. The minimum absolute atomic E-state index is 0.113. The van der Waals surface area contributed by atoms with Crippen LogP contribution in [-0.2, 0) is 21.4 Å². The molecule has 0 bridgehead atoms. The zero-order valence-electron chi connectivity index (χ0n) is 19.7. The van der Waals surface area contributed by atoms with Crippen molar-refractivity contribution in [1.82, 2.24) is 9.21 Å². The summed E-state index contributed by atoms with van der Waals surface area (Å²) in [6, 6.07) is 10.3. The Labute approximate surface area is 190 Å². The van der Waals surface area contributed by atoms with Crippen molar-refractivity contribution in [2.75, 3.05) is 66.2 Å². The number of hydrogen-bond donors (Lipinski definition) is 1. The van der Waals surface area contributed by atoms with Gasteiger partial charge >= 0.3 is 0 Å². The number of nitrogens with zero attached hydrogens (tertiary/aromatic N) is 3. The Hall–Kier alpha value is -2.82. The second kappa shape index (κ2) is 10.7. The Morgan fingerprint density at radius 1 is 0.938 bits per heavy atom. The Bertz CT molecular complexity index is 1050. The van der Waals surface area contributed by atoms with Gasteiger partial charge in [-0.15, -0.1) is 0 Å². The molecule has 0 radical (unpaired) electrons. The van der Waals surface area contributed by atoms with Crippen molar-refractivity contribution in [2.24, 2.45) is 0 Å². The van der Waals surface area contributed by atoms with E-state index in [4.69, 9.17) is 9.47 Å². The first-order valence-electron chi connectivity index (χ1n) is 9.92. The lowest BCUT2D eigenvalue weighted by molar-refractivity contribution is -0.117. The van der Waals surface area contributed by atoms with E-state index in [0.29, 0.717) is 29.4 Å². The van der Waals surface area contributed by atoms with Crippen molar-refractivity contribution in [3.05, 3.63) is 42.0 Å². The number of anilines is 2. The van der Waals surface area contributed by atoms with Crippen LogP contribution in [0.4, 0.5) is 11.4 Å². The molecule has 2 aromatic rings. The van der Waals surface area contributed by atoms with Crippen LogP contribution in [-0.4, -0.2) is 79.5 Å². The summed E-state index contributed by atoms with van der Waals surface area (Å²) >= 11 is 0. The molecule has 1 amide bonds. The normalized spacial score (nSPS) is 11.5. The number of rotatable bonds is 10. The monoisotopic (exact) mass is 464 g/mol. The van der Waals surface area contributed by atoms with Crippen molar-refractivity contribution >= 4 is 27.3 Å². The number of hydrogen-bond acceptors (Lipinski definition) is 7. The van der Waals surface area contributed by atoms with Gasteiger partial charge in [0.05, 0.1) is 37.0 Å². The maximum absolute atomic E-state index is 12.7. The van der Waals surface area contributed by atoms with Gasteiger partial charge in [-0.05, 0) is 42.9 Å². The molecule has 0 aliphatic carbocycles. The molecule has 0 saturated heterocycles. The minimum atomic E-state index is -3.62. The fourth-order valence-electron chi connectivity index (χ4n) is 3.16. The summed E-state index contributed by atoms with van der Waals surface area (Å²) in [4.78, 5) is 16.5. The van der Waals surface area contributed by atoms with Crippen LogP contribution < -0.4 is 19.7 Å². The first kappa shape index (κ1) is 25.4. The summed E-state index contributed by atoms with van der Waals surface area (Å²) < 4.78 is 36.7. The molecule has 1 N–H and O–H groups in total. The number of ether oxygens (including phenoxy) is 2. The molecular weight excluding hydrogens is 432 g/mol. The molecular formula is C22H32N4O5S. The van der Waals surface area contributed by atoms with Crippen LogP contribution in [0.2, 0.25) is 0 Å². The molecule has 0 heterocycles. The number of carbonyl (C=O) groups excluding carboxylic acids is 1. The Kier molecular flexibility index (Phi) is 8.48. The van der Waals surface area contributed by atoms with Crippen LogP contribution >= 0.6 is 0 Å². The van der Waals surface area contributed by atoms with Crippen molar-refractivity contribution in [3.63, 3.8) is 0 Å². The van der Waals surface area contributed by atoms with Gasteiger partial charge in [-0.25, -0.2) is 12.7 Å². The van der Waals surface area contributed by atoms with Gasteiger partial charge in [0.2, 0.25) is 15.9 Å². The highest BCUT2D eigenvalue weighted by Crippen LogP contribution is 2.29. The summed E-state index contributed by atoms with van der Waals surface area (Å²) in [5, 5.41) is 2.85. The van der Waals surface area contributed by atoms with E-state index in [1.54, 1.807) is 20.3 Å². The Balaban J connectivity index is 2.16. The average molecular weight is 465 g/mol. The molecule has 9 nitrogen and oxygen atoms in total. The lowest BCUT2D eigenvalue weighted by Gasteiger charge is -2.21. The number of benzene rings is 2. The second-order valence-electron chi connectivity index (χ2n) is 7.77. The van der Waals surface area contributed by atoms with Gasteiger partial charge in [-0.1, -0.05) is 6.07 Å². The number of amides is 1. The Morgan fingerprint density at radius 3 is 2.16 bits per heavy atom. The zero-order chi connectivity index (χ0) is 24.1. The molecule has 0 spiro atoms. The first-order chi connectivity index (χ1) is 15.0. The van der Waals surface area contributed by atoms with E-state index >= 15 is 0 Å². The lowest BCUT2D eigenvalue weighted by Crippen LogP contribution is -2.30. The second-order valence-corrected chi connectivity index (χ2v) is 9.92. The summed E-state index contributed by atoms with van der Waals surface area (Å²) in [7, 11) is 7.95. The average Bonchev–Trinajstić information content (AvgIpc) is 2.72. The van der Waals surface area contributed by atoms with E-state index in [1.807, 2.05) is 49.1 Å². The van der Waals surface area contributed by atoms with Crippen LogP contribution in [0.5, 0.6) is 11.5 Å². The molecule has 0 fully saturated rings. The van der Waals surface area contributed by atoms with E-state index in [-0.39, 0.29) is 17.3 Å². The molecule has 32 heavy (non-hydrogen) atoms. The summed E-state index contributed by atoms with van der Waals surface area (Å²) in [6.07, 6.45) is 0. The highest BCUT2D eigenvalue weighted by molar-refractivity contribution is 7.89. The lowest BCUT2D eigenvalue weighted by atomic mass is 10.2. The third-order valence-electron chi connectivity index (χ3n) is 4.82. The summed E-state index contributed by atoms with van der Waals surface area (Å²) in [6.45, 7) is 0.634. The minimum Gasteiger partial charge on any atom is -0.493 e. The van der Waals surface area contributed by atoms with Crippen molar-refractivity contribution < 1.29 is 22.7 Å². The topological polar surface area (TPSA) is 91.4 Å². The van der Waals surface area contributed by atoms with E-state index in [0.717, 1.165) is 9.87 Å². The molecule has 0 aliphatic rings. The van der Waals surface area contributed by atoms with Gasteiger partial charge in [-0.3, -0.25) is 9.69 Å². The molecule has 10 heteroatoms. The van der Waals surface area contributed by atoms with Crippen molar-refractivity contribution in [2.45, 2.75) is 11.4 Å². The molecule has 0 atom stereocenters. The third kappa shape index (κ3) is 6.12. The van der Waals surface area contributed by atoms with E-state index in [9.17, 15) is 13.2 Å². The molecule has 0 aliphatic heterocycles. The van der Waals surface area contributed by atoms with Gasteiger partial charge in [0.15, 0.2) is 11.5 Å². The van der Waals surface area contributed by atoms with E-state index in [2.05, 4.69) is 5.32 Å². The maximum Gasteiger partial charge on any atom is 0.242 e. The molecule has 2 rings (SSSR count). The number of nitrogens with one attached hydrogen (secondary N) is 1. The number of carbonyl (C=O) groups is 1. The fraction of sp³-hybridized carbons (Fsp3) is 0.409. The number of methoxy groups -OCH3 is 2. The standard InChI is InChI=1S/C22H32N4O5S/c1-24(2)19-10-9-17(32(28,29)25(3)4)13-18(19)23-22(27)15-26(5)14-16-8-11-20(30-6)21(12-16)31-7/h8-13H,14-15H2,1-7H3,(H,23,27). The van der Waals surface area contributed by atoms with Crippen molar-refractivity contribution in [1.29, 1.82) is 0 Å². The third-order valence-corrected chi connectivity index (χ3v) is 6.63. The smallest absolute Gasteiger partial charge is 0.242 e. The molecule has 2 aromatic carbocycles. The molecule has 176 valence electrons. The zero-order valence-corrected chi connectivity index (χ0v) is 20.5. The predicted molar refractivity (Wildman–Crippen MR) is 126 cm³/mol. The van der Waals surface area contributed by atoms with Gasteiger partial charge < -0.3 is 19.7 Å². The highest BCUT2D eigenvalue weighted by atomic mass is 32.2. The van der Waals surface area contributed by atoms with Gasteiger partial charge in [0, 0.05) is 34.7 Å². The Morgan fingerprint density at radius 2 is 1.59 bits per heavy atom. The fourth-order valence-corrected chi connectivity index (χ4v) is 4.09. The van der Waals surface area contributed by atoms with Crippen LogP contribution in [0.3, 0.4) is 0 Å². The van der Waals surface area contributed by atoms with Crippen LogP contribution in [0.25, 0.3) is 0 Å². The first-order valence-corrected chi connectivity index (χ1v) is 11.4. The number of likely N-dealkylation sites (N-methyl/N-ethyl adjacent to an activating group) is 1. The molecule has 0 aromatic heterocycles. The maximum atomic E-state index is 12.7. The highest BCUT2D eigenvalue weighted by Gasteiger charge is 2.20. The molecule has 0 unspecified atom stereocenters. The largest absolute Gasteiger partial charge is 0.493 e. The van der Waals surface area contributed by atoms with Gasteiger partial charge in [0.1, 0.15) is 0 Å². The quantitative estimate of drug-likeness (QED) is 0.576. The SMILES string of the molecule is COc1ccc(CN(C)CC(=O)Nc2cc(S(=O)(=O)N(C)C)ccc2N(C)C)cc1OC. The van der Waals surface area contributed by atoms with Gasteiger partial charge in [-0.2, -0.15) is 0 Å². The van der Waals surface area contributed by atoms with Crippen LogP contribution in [0.15, 0.2) is 41.3 Å². The van der Waals surface area contributed by atoms with Crippen LogP contribution in [0, 0.1) is 0 Å². The summed E-state index contributed by atoms with van der Waals surface area (Å²) in [5.74, 6) is 1.01. The van der Waals surface area contributed by atoms with Gasteiger partial charge in [0.25, 0.3) is 0 Å². The van der Waals surface area contributed by atoms with E-state index < -0.39 is 10.0 Å². The van der Waals surface area contributed by atoms with Crippen LogP contribution in [0.1, 0.15) is 5.56 Å². The summed E-state index contributed by atoms with van der Waals surface area (Å²) in [5.41, 5.74) is 2.10. The number of sulfonamides is 1. The van der Waals surface area contributed by atoms with Crippen molar-refractivity contribution in [3.8, 4) is 11.5 Å². The van der Waals surface area contributed by atoms with E-state index in [1.165, 1.54) is 26.2 Å². The predicted octanol–water partition coefficient (Wildman–Crippen LogP) is 2.09.